The quantitative estimate of drug-likeness (QED) is 0.369. The number of amides is 1. The average molecular weight is 502 g/mol. The highest BCUT2D eigenvalue weighted by Gasteiger charge is 2.63. The van der Waals surface area contributed by atoms with Crippen LogP contribution in [-0.2, 0) is 22.6 Å². The number of nitrogens with two attached hydrogens (primary N) is 1. The number of fused-ring (bicyclic) bond motifs is 3. The number of phenols is 1. The van der Waals surface area contributed by atoms with Crippen molar-refractivity contribution in [2.75, 3.05) is 27.2 Å². The minimum atomic E-state index is -2.71. The second kappa shape index (κ2) is 8.12. The van der Waals surface area contributed by atoms with E-state index in [4.69, 9.17) is 5.73 Å². The van der Waals surface area contributed by atoms with Crippen molar-refractivity contribution in [3.05, 3.63) is 51.2 Å². The molecule has 1 heterocycles. The summed E-state index contributed by atoms with van der Waals surface area (Å²) in [4.78, 5) is 42.2. The highest BCUT2D eigenvalue weighted by Crippen LogP contribution is 2.52. The van der Waals surface area contributed by atoms with E-state index < -0.39 is 69.6 Å². The van der Waals surface area contributed by atoms with Gasteiger partial charge in [0.1, 0.15) is 28.7 Å². The van der Waals surface area contributed by atoms with Gasteiger partial charge in [-0.25, -0.2) is 4.39 Å². The molecule has 1 amide bonds. The number of hydrogen-bond acceptors (Lipinski definition) is 9. The molecule has 0 saturated carbocycles. The van der Waals surface area contributed by atoms with Gasteiger partial charge >= 0.3 is 0 Å². The summed E-state index contributed by atoms with van der Waals surface area (Å²) in [6, 6.07) is 0.106. The maximum atomic E-state index is 15.6. The number of carbonyl (C=O) groups excluding carboxylic acids is 3. The second-order valence-corrected chi connectivity index (χ2v) is 10.3. The van der Waals surface area contributed by atoms with E-state index in [1.165, 1.54) is 11.0 Å². The van der Waals surface area contributed by atoms with Crippen molar-refractivity contribution in [1.29, 1.82) is 0 Å². The molecule has 3 aliphatic carbocycles. The lowest BCUT2D eigenvalue weighted by Gasteiger charge is -2.50. The maximum absolute atomic E-state index is 15.6. The lowest BCUT2D eigenvalue weighted by atomic mass is 9.58. The molecule has 192 valence electrons. The molecule has 11 heteroatoms. The third kappa shape index (κ3) is 3.16. The van der Waals surface area contributed by atoms with Crippen LogP contribution in [0.1, 0.15) is 34.3 Å². The van der Waals surface area contributed by atoms with Crippen molar-refractivity contribution < 1.29 is 39.2 Å². The van der Waals surface area contributed by atoms with Gasteiger partial charge < -0.3 is 26.2 Å². The first-order chi connectivity index (χ1) is 16.9. The van der Waals surface area contributed by atoms with E-state index in [0.29, 0.717) is 0 Å². The molecule has 6 N–H and O–H groups in total. The van der Waals surface area contributed by atoms with Gasteiger partial charge in [0.15, 0.2) is 11.4 Å². The van der Waals surface area contributed by atoms with Crippen LogP contribution in [0.4, 0.5) is 4.39 Å². The van der Waals surface area contributed by atoms with Crippen molar-refractivity contribution in [3.63, 3.8) is 0 Å². The standard InChI is InChI=1S/C25H28FN3O7/c1-28(2)19-13-7-10-6-12-16(14(30)8-11(18(12)26)9-29-4-3-5-29)20(31)15(10)22(33)25(13,36)23(34)17(21(19)32)24(27)35/h8,10,13,19,30,32-33,36H,3-7,9H2,1-2H3,(H2,27,35)/t10-,13-,19-,25-/m0/s1. The molecule has 5 rings (SSSR count). The normalized spacial score (nSPS) is 30.2. The lowest BCUT2D eigenvalue weighted by molar-refractivity contribution is -0.148. The number of benzene rings is 1. The Balaban J connectivity index is 1.66. The number of likely N-dealkylation sites (N-methyl/N-ethyl adjacent to an activating group) is 1. The van der Waals surface area contributed by atoms with Gasteiger partial charge in [-0.2, -0.15) is 0 Å². The molecule has 4 atom stereocenters. The summed E-state index contributed by atoms with van der Waals surface area (Å²) < 4.78 is 15.6. The van der Waals surface area contributed by atoms with E-state index in [2.05, 4.69) is 0 Å². The molecule has 0 spiro atoms. The highest BCUT2D eigenvalue weighted by molar-refractivity contribution is 6.24. The van der Waals surface area contributed by atoms with E-state index >= 15 is 4.39 Å². The predicted octanol–water partition coefficient (Wildman–Crippen LogP) is 0.465. The molecule has 1 saturated heterocycles. The van der Waals surface area contributed by atoms with Gasteiger partial charge in [0, 0.05) is 29.2 Å². The molecular weight excluding hydrogens is 473 g/mol. The molecule has 0 unspecified atom stereocenters. The van der Waals surface area contributed by atoms with E-state index in [0.717, 1.165) is 19.5 Å². The summed E-state index contributed by atoms with van der Waals surface area (Å²) in [5, 5.41) is 44.2. The number of aromatic hydroxyl groups is 1. The Morgan fingerprint density at radius 1 is 1.25 bits per heavy atom. The summed E-state index contributed by atoms with van der Waals surface area (Å²) in [5.74, 6) is -8.11. The van der Waals surface area contributed by atoms with Crippen molar-refractivity contribution in [3.8, 4) is 5.75 Å². The molecule has 1 aromatic rings. The molecular formula is C25H28FN3O7. The van der Waals surface area contributed by atoms with Crippen LogP contribution in [0, 0.1) is 17.7 Å². The van der Waals surface area contributed by atoms with Crippen LogP contribution >= 0.6 is 0 Å². The monoisotopic (exact) mass is 501 g/mol. The largest absolute Gasteiger partial charge is 0.510 e. The summed E-state index contributed by atoms with van der Waals surface area (Å²) in [7, 11) is 3.10. The van der Waals surface area contributed by atoms with E-state index in [-0.39, 0.29) is 41.6 Å². The third-order valence-corrected chi connectivity index (χ3v) is 8.07. The molecule has 0 bridgehead atoms. The second-order valence-electron chi connectivity index (χ2n) is 10.3. The number of nitrogens with zero attached hydrogens (tertiary/aromatic N) is 2. The summed E-state index contributed by atoms with van der Waals surface area (Å²) in [5.41, 5.74) is 1.38. The molecule has 4 aliphatic rings. The summed E-state index contributed by atoms with van der Waals surface area (Å²) in [6.45, 7) is 1.90. The molecule has 36 heavy (non-hydrogen) atoms. The van der Waals surface area contributed by atoms with Crippen LogP contribution in [-0.4, -0.2) is 86.5 Å². The molecule has 0 radical (unpaired) electrons. The number of carbonyl (C=O) groups is 3. The van der Waals surface area contributed by atoms with Crippen molar-refractivity contribution in [1.82, 2.24) is 9.80 Å². The molecule has 1 aliphatic heterocycles. The topological polar surface area (TPSA) is 165 Å². The molecule has 0 aromatic heterocycles. The zero-order valence-corrected chi connectivity index (χ0v) is 19.9. The fraction of sp³-hybridized carbons (Fsp3) is 0.480. The Labute approximate surface area is 206 Å². The van der Waals surface area contributed by atoms with Gasteiger partial charge in [0.05, 0.1) is 11.6 Å². The molecule has 1 fully saturated rings. The minimum Gasteiger partial charge on any atom is -0.510 e. The Bertz CT molecular complexity index is 1280. The van der Waals surface area contributed by atoms with Crippen LogP contribution in [0.25, 0.3) is 0 Å². The number of aliphatic hydroxyl groups excluding tert-OH is 2. The van der Waals surface area contributed by atoms with Gasteiger partial charge in [-0.1, -0.05) is 0 Å². The number of likely N-dealkylation sites (tertiary alicyclic amines) is 1. The predicted molar refractivity (Wildman–Crippen MR) is 124 cm³/mol. The van der Waals surface area contributed by atoms with Crippen molar-refractivity contribution in [2.45, 2.75) is 37.5 Å². The van der Waals surface area contributed by atoms with E-state index in [9.17, 15) is 34.8 Å². The lowest BCUT2D eigenvalue weighted by Crippen LogP contribution is -2.63. The molecule has 1 aromatic carbocycles. The van der Waals surface area contributed by atoms with Crippen LogP contribution in [0.5, 0.6) is 5.75 Å². The number of phenolic OH excluding ortho intramolecular Hbond substituents is 1. The van der Waals surface area contributed by atoms with Crippen molar-refractivity contribution >= 4 is 17.5 Å². The number of ketones is 2. The van der Waals surface area contributed by atoms with Crippen LogP contribution in [0.3, 0.4) is 0 Å². The third-order valence-electron chi connectivity index (χ3n) is 8.07. The fourth-order valence-electron chi connectivity index (χ4n) is 6.25. The zero-order chi connectivity index (χ0) is 26.3. The average Bonchev–Trinajstić information content (AvgIpc) is 2.75. The number of primary amides is 1. The maximum Gasteiger partial charge on any atom is 0.255 e. The van der Waals surface area contributed by atoms with Gasteiger partial charge in [-0.15, -0.1) is 0 Å². The van der Waals surface area contributed by atoms with E-state index in [1.54, 1.807) is 14.1 Å². The van der Waals surface area contributed by atoms with Gasteiger partial charge in [-0.3, -0.25) is 24.2 Å². The van der Waals surface area contributed by atoms with Crippen LogP contribution in [0.2, 0.25) is 0 Å². The smallest absolute Gasteiger partial charge is 0.255 e. The SMILES string of the molecule is CN(C)[C@@H]1C(O)=C(C(N)=O)C(=O)[C@@]2(O)C(O)=C3C(=O)c4c(O)cc(CN5CCC5)c(F)c4C[C@H]3C[C@@H]12. The summed E-state index contributed by atoms with van der Waals surface area (Å²) >= 11 is 0. The number of allylic oxidation sites excluding steroid dienone is 1. The first-order valence-corrected chi connectivity index (χ1v) is 11.8. The fourth-order valence-corrected chi connectivity index (χ4v) is 6.25. The number of Topliss-reactive ketones (excluding diaryl/α,β-unsaturated/α-hetero) is 2. The Morgan fingerprint density at radius 2 is 1.92 bits per heavy atom. The van der Waals surface area contributed by atoms with Gasteiger partial charge in [0.2, 0.25) is 5.78 Å². The Hall–Kier alpha value is -3.28. The number of hydrogen-bond donors (Lipinski definition) is 5. The molecule has 10 nitrogen and oxygen atoms in total. The Kier molecular flexibility index (Phi) is 5.51. The number of aliphatic hydroxyl groups is 3. The van der Waals surface area contributed by atoms with Crippen molar-refractivity contribution in [2.24, 2.45) is 17.6 Å². The first-order valence-electron chi connectivity index (χ1n) is 11.8. The number of halogens is 1. The Morgan fingerprint density at radius 3 is 2.47 bits per heavy atom. The van der Waals surface area contributed by atoms with Gasteiger partial charge in [-0.05, 0) is 58.4 Å². The van der Waals surface area contributed by atoms with Gasteiger partial charge in [0.25, 0.3) is 5.91 Å². The van der Waals surface area contributed by atoms with Crippen LogP contribution in [0.15, 0.2) is 28.7 Å². The highest BCUT2D eigenvalue weighted by atomic mass is 19.1. The minimum absolute atomic E-state index is 0.0173. The first kappa shape index (κ1) is 24.4. The summed E-state index contributed by atoms with van der Waals surface area (Å²) in [6.07, 6.45) is 0.853. The van der Waals surface area contributed by atoms with Crippen LogP contribution < -0.4 is 5.73 Å². The van der Waals surface area contributed by atoms with E-state index in [1.807, 2.05) is 4.90 Å². The number of rotatable bonds is 4. The zero-order valence-electron chi connectivity index (χ0n) is 19.9.